The van der Waals surface area contributed by atoms with E-state index in [9.17, 15) is 19.7 Å². The standard InChI is InChI=1S/C20H18N4O5S/c1-12-10-18(23-29-12)22-19(25)13(2)30-17-5-3-4-15(11-17)21-20(26)14-6-8-16(9-7-14)24(27)28/h3-11,13H,1-2H3,(H,21,26)(H,22,23,25). The maximum Gasteiger partial charge on any atom is 0.269 e. The van der Waals surface area contributed by atoms with E-state index >= 15 is 0 Å². The van der Waals surface area contributed by atoms with E-state index < -0.39 is 10.2 Å². The second-order valence-electron chi connectivity index (χ2n) is 6.36. The van der Waals surface area contributed by atoms with Crippen molar-refractivity contribution in [2.75, 3.05) is 10.6 Å². The molecule has 0 saturated carbocycles. The number of nitro groups is 1. The molecule has 0 saturated heterocycles. The number of nitrogens with one attached hydrogen (secondary N) is 2. The highest BCUT2D eigenvalue weighted by Crippen LogP contribution is 2.27. The fourth-order valence-corrected chi connectivity index (χ4v) is 3.42. The van der Waals surface area contributed by atoms with Gasteiger partial charge in [0.2, 0.25) is 5.91 Å². The van der Waals surface area contributed by atoms with Gasteiger partial charge in [0, 0.05) is 34.3 Å². The second-order valence-corrected chi connectivity index (χ2v) is 7.77. The van der Waals surface area contributed by atoms with E-state index in [0.717, 1.165) is 4.90 Å². The molecule has 0 fully saturated rings. The number of amides is 2. The third-order valence-electron chi connectivity index (χ3n) is 3.99. The summed E-state index contributed by atoms with van der Waals surface area (Å²) in [5.41, 5.74) is 0.760. The minimum Gasteiger partial charge on any atom is -0.360 e. The molecule has 154 valence electrons. The number of aryl methyl sites for hydroxylation is 1. The van der Waals surface area contributed by atoms with Gasteiger partial charge < -0.3 is 15.2 Å². The minimum atomic E-state index is -0.524. The van der Waals surface area contributed by atoms with Crippen LogP contribution in [0.2, 0.25) is 0 Å². The highest BCUT2D eigenvalue weighted by molar-refractivity contribution is 8.00. The molecule has 3 aromatic rings. The molecule has 0 aliphatic heterocycles. The lowest BCUT2D eigenvalue weighted by Gasteiger charge is -2.12. The van der Waals surface area contributed by atoms with Crippen LogP contribution >= 0.6 is 11.8 Å². The van der Waals surface area contributed by atoms with E-state index in [0.29, 0.717) is 22.8 Å². The fraction of sp³-hybridized carbons (Fsp3) is 0.150. The van der Waals surface area contributed by atoms with Gasteiger partial charge in [-0.05, 0) is 44.2 Å². The van der Waals surface area contributed by atoms with Gasteiger partial charge in [-0.3, -0.25) is 19.7 Å². The van der Waals surface area contributed by atoms with Crippen LogP contribution in [0.4, 0.5) is 17.2 Å². The van der Waals surface area contributed by atoms with E-state index in [1.54, 1.807) is 38.1 Å². The number of thioether (sulfide) groups is 1. The van der Waals surface area contributed by atoms with Crippen molar-refractivity contribution in [3.63, 3.8) is 0 Å². The summed E-state index contributed by atoms with van der Waals surface area (Å²) in [5, 5.41) is 19.5. The third-order valence-corrected chi connectivity index (χ3v) is 5.09. The van der Waals surface area contributed by atoms with Crippen LogP contribution in [0.25, 0.3) is 0 Å². The summed E-state index contributed by atoms with van der Waals surface area (Å²) in [6.07, 6.45) is 0. The van der Waals surface area contributed by atoms with Crippen LogP contribution in [0, 0.1) is 17.0 Å². The minimum absolute atomic E-state index is 0.0852. The average molecular weight is 426 g/mol. The third kappa shape index (κ3) is 5.45. The molecule has 3 rings (SSSR count). The second kappa shape index (κ2) is 9.23. The largest absolute Gasteiger partial charge is 0.360 e. The van der Waals surface area contributed by atoms with Gasteiger partial charge in [0.25, 0.3) is 11.6 Å². The maximum atomic E-state index is 12.4. The van der Waals surface area contributed by atoms with Gasteiger partial charge in [0.1, 0.15) is 5.76 Å². The molecule has 0 aliphatic carbocycles. The van der Waals surface area contributed by atoms with E-state index in [4.69, 9.17) is 4.52 Å². The molecule has 1 aromatic heterocycles. The van der Waals surface area contributed by atoms with Crippen LogP contribution in [0.15, 0.2) is 64.0 Å². The summed E-state index contributed by atoms with van der Waals surface area (Å²) in [5.74, 6) is 0.337. The molecule has 2 aromatic carbocycles. The normalized spacial score (nSPS) is 11.5. The van der Waals surface area contributed by atoms with Crippen molar-refractivity contribution < 1.29 is 19.0 Å². The van der Waals surface area contributed by atoms with Crippen LogP contribution in [0.1, 0.15) is 23.0 Å². The Bertz CT molecular complexity index is 1080. The van der Waals surface area contributed by atoms with Crippen LogP contribution in [0.5, 0.6) is 0 Å². The number of hydrogen-bond donors (Lipinski definition) is 2. The zero-order valence-electron chi connectivity index (χ0n) is 16.1. The van der Waals surface area contributed by atoms with Crippen LogP contribution in [-0.2, 0) is 4.79 Å². The number of nitrogens with zero attached hydrogens (tertiary/aromatic N) is 2. The van der Waals surface area contributed by atoms with Crippen LogP contribution in [-0.4, -0.2) is 27.1 Å². The Labute approximate surface area is 176 Å². The number of benzene rings is 2. The molecule has 10 heteroatoms. The van der Waals surface area contributed by atoms with Crippen LogP contribution < -0.4 is 10.6 Å². The molecule has 2 amide bonds. The zero-order valence-corrected chi connectivity index (χ0v) is 16.9. The average Bonchev–Trinajstić information content (AvgIpc) is 3.12. The Morgan fingerprint density at radius 1 is 1.13 bits per heavy atom. The molecule has 2 N–H and O–H groups in total. The number of carbonyl (C=O) groups is 2. The van der Waals surface area contributed by atoms with Crippen molar-refractivity contribution in [3.8, 4) is 0 Å². The summed E-state index contributed by atoms with van der Waals surface area (Å²) in [6.45, 7) is 3.49. The van der Waals surface area contributed by atoms with Gasteiger partial charge in [-0.1, -0.05) is 11.2 Å². The van der Waals surface area contributed by atoms with E-state index in [1.165, 1.54) is 36.0 Å². The predicted molar refractivity (Wildman–Crippen MR) is 113 cm³/mol. The molecule has 0 bridgehead atoms. The van der Waals surface area contributed by atoms with Crippen molar-refractivity contribution >= 4 is 40.8 Å². The lowest BCUT2D eigenvalue weighted by atomic mass is 10.2. The molecule has 0 aliphatic rings. The SMILES string of the molecule is Cc1cc(NC(=O)C(C)Sc2cccc(NC(=O)c3ccc([N+](=O)[O-])cc3)c2)no1. The Morgan fingerprint density at radius 2 is 1.87 bits per heavy atom. The molecule has 1 unspecified atom stereocenters. The van der Waals surface area contributed by atoms with E-state index in [1.807, 2.05) is 6.07 Å². The molecule has 0 radical (unpaired) electrons. The molecule has 0 spiro atoms. The van der Waals surface area contributed by atoms with Crippen molar-refractivity contribution in [2.45, 2.75) is 24.0 Å². The van der Waals surface area contributed by atoms with Gasteiger partial charge in [-0.2, -0.15) is 0 Å². The Morgan fingerprint density at radius 3 is 2.50 bits per heavy atom. The van der Waals surface area contributed by atoms with Crippen LogP contribution in [0.3, 0.4) is 0 Å². The van der Waals surface area contributed by atoms with Gasteiger partial charge in [-0.25, -0.2) is 0 Å². The fourth-order valence-electron chi connectivity index (χ4n) is 2.50. The first-order chi connectivity index (χ1) is 14.3. The van der Waals surface area contributed by atoms with E-state index in [2.05, 4.69) is 15.8 Å². The molecule has 30 heavy (non-hydrogen) atoms. The Hall–Kier alpha value is -3.66. The monoisotopic (exact) mass is 426 g/mol. The van der Waals surface area contributed by atoms with Crippen molar-refractivity contribution in [3.05, 3.63) is 76.0 Å². The predicted octanol–water partition coefficient (Wildman–Crippen LogP) is 4.26. The summed E-state index contributed by atoms with van der Waals surface area (Å²) < 4.78 is 4.93. The van der Waals surface area contributed by atoms with E-state index in [-0.39, 0.29) is 17.5 Å². The first-order valence-corrected chi connectivity index (χ1v) is 9.76. The number of aromatic nitrogens is 1. The topological polar surface area (TPSA) is 127 Å². The number of carbonyl (C=O) groups excluding carboxylic acids is 2. The molecule has 9 nitrogen and oxygen atoms in total. The smallest absolute Gasteiger partial charge is 0.269 e. The number of anilines is 2. The quantitative estimate of drug-likeness (QED) is 0.328. The summed E-state index contributed by atoms with van der Waals surface area (Å²) in [6, 6.07) is 14.0. The summed E-state index contributed by atoms with van der Waals surface area (Å²) in [7, 11) is 0. The van der Waals surface area contributed by atoms with Crippen molar-refractivity contribution in [2.24, 2.45) is 0 Å². The van der Waals surface area contributed by atoms with Gasteiger partial charge in [0.05, 0.1) is 10.2 Å². The van der Waals surface area contributed by atoms with Gasteiger partial charge in [-0.15, -0.1) is 11.8 Å². The molecule has 1 atom stereocenters. The lowest BCUT2D eigenvalue weighted by molar-refractivity contribution is -0.384. The highest BCUT2D eigenvalue weighted by Gasteiger charge is 2.17. The lowest BCUT2D eigenvalue weighted by Crippen LogP contribution is -2.22. The number of nitro benzene ring substituents is 1. The van der Waals surface area contributed by atoms with Crippen molar-refractivity contribution in [1.29, 1.82) is 0 Å². The van der Waals surface area contributed by atoms with Crippen molar-refractivity contribution in [1.82, 2.24) is 5.16 Å². The molecular weight excluding hydrogens is 408 g/mol. The molecular formula is C20H18N4O5S. The maximum absolute atomic E-state index is 12.4. The van der Waals surface area contributed by atoms with Gasteiger partial charge in [0.15, 0.2) is 5.82 Å². The summed E-state index contributed by atoms with van der Waals surface area (Å²) >= 11 is 1.32. The molecule has 1 heterocycles. The Kier molecular flexibility index (Phi) is 6.48. The summed E-state index contributed by atoms with van der Waals surface area (Å²) in [4.78, 5) is 35.7. The Balaban J connectivity index is 1.61. The number of rotatable bonds is 7. The zero-order chi connectivity index (χ0) is 21.7. The highest BCUT2D eigenvalue weighted by atomic mass is 32.2. The first kappa shape index (κ1) is 21.1. The number of non-ortho nitro benzene ring substituents is 1. The first-order valence-electron chi connectivity index (χ1n) is 8.88. The number of hydrogen-bond acceptors (Lipinski definition) is 7. The van der Waals surface area contributed by atoms with Gasteiger partial charge >= 0.3 is 0 Å².